The third kappa shape index (κ3) is 9.49. The number of halogens is 2. The number of nitrogens with zero attached hydrogens (tertiary/aromatic N) is 1. The normalized spacial score (nSPS) is 11.9. The smallest absolute Gasteiger partial charge is 0.252 e. The van der Waals surface area contributed by atoms with Crippen molar-refractivity contribution in [2.75, 3.05) is 19.6 Å². The molecule has 29 heavy (non-hydrogen) atoms. The molecule has 1 atom stereocenters. The van der Waals surface area contributed by atoms with Crippen molar-refractivity contribution in [2.24, 2.45) is 4.99 Å². The van der Waals surface area contributed by atoms with Gasteiger partial charge in [-0.15, -0.1) is 24.0 Å². The number of aryl methyl sites for hydroxylation is 1. The van der Waals surface area contributed by atoms with Crippen molar-refractivity contribution in [3.8, 4) is 0 Å². The van der Waals surface area contributed by atoms with E-state index in [0.717, 1.165) is 25.3 Å². The number of rotatable bonds is 9. The van der Waals surface area contributed by atoms with E-state index in [0.29, 0.717) is 23.7 Å². The molecule has 7 heteroatoms. The zero-order valence-corrected chi connectivity index (χ0v) is 20.0. The molecule has 0 saturated carbocycles. The number of carbonyl (C=O) groups is 1. The summed E-state index contributed by atoms with van der Waals surface area (Å²) in [5.41, 5.74) is 1.81. The fourth-order valence-electron chi connectivity index (χ4n) is 2.73. The molecule has 2 aromatic carbocycles. The molecular weight excluding hydrogens is 499 g/mol. The largest absolute Gasteiger partial charge is 0.357 e. The van der Waals surface area contributed by atoms with Crippen molar-refractivity contribution < 1.29 is 4.79 Å². The lowest BCUT2D eigenvalue weighted by Gasteiger charge is -2.18. The van der Waals surface area contributed by atoms with Gasteiger partial charge in [-0.3, -0.25) is 9.79 Å². The molecule has 1 unspecified atom stereocenters. The van der Waals surface area contributed by atoms with Gasteiger partial charge in [-0.2, -0.15) is 0 Å². The van der Waals surface area contributed by atoms with Gasteiger partial charge < -0.3 is 16.0 Å². The van der Waals surface area contributed by atoms with Crippen molar-refractivity contribution in [3.63, 3.8) is 0 Å². The summed E-state index contributed by atoms with van der Waals surface area (Å²) < 4.78 is 0. The van der Waals surface area contributed by atoms with Gasteiger partial charge in [0.25, 0.3) is 5.91 Å². The lowest BCUT2D eigenvalue weighted by atomic mass is 10.1. The highest BCUT2D eigenvalue weighted by atomic mass is 127. The number of carbonyl (C=O) groups excluding carboxylic acids is 1. The molecule has 158 valence electrons. The fourth-order valence-corrected chi connectivity index (χ4v) is 2.95. The number of benzene rings is 2. The maximum atomic E-state index is 12.2. The second kappa shape index (κ2) is 14.2. The Balaban J connectivity index is 0.00000420. The van der Waals surface area contributed by atoms with Crippen LogP contribution < -0.4 is 16.0 Å². The second-order valence-corrected chi connectivity index (χ2v) is 6.97. The Labute approximate surface area is 195 Å². The van der Waals surface area contributed by atoms with Crippen LogP contribution in [0, 0.1) is 0 Å². The molecule has 3 N–H and O–H groups in total. The predicted octanol–water partition coefficient (Wildman–Crippen LogP) is 4.26. The quantitative estimate of drug-likeness (QED) is 0.197. The van der Waals surface area contributed by atoms with Crippen LogP contribution in [0.4, 0.5) is 0 Å². The summed E-state index contributed by atoms with van der Waals surface area (Å²) in [6, 6.07) is 17.8. The van der Waals surface area contributed by atoms with Crippen molar-refractivity contribution in [1.29, 1.82) is 0 Å². The van der Waals surface area contributed by atoms with E-state index in [-0.39, 0.29) is 35.9 Å². The van der Waals surface area contributed by atoms with Crippen LogP contribution in [0.3, 0.4) is 0 Å². The molecule has 0 aromatic heterocycles. The Morgan fingerprint density at radius 2 is 1.76 bits per heavy atom. The van der Waals surface area contributed by atoms with Gasteiger partial charge in [-0.05, 0) is 44.4 Å². The van der Waals surface area contributed by atoms with E-state index < -0.39 is 0 Å². The second-order valence-electron chi connectivity index (χ2n) is 6.57. The summed E-state index contributed by atoms with van der Waals surface area (Å²) in [5, 5.41) is 9.97. The number of guanidine groups is 1. The van der Waals surface area contributed by atoms with Gasteiger partial charge in [-0.25, -0.2) is 0 Å². The first-order chi connectivity index (χ1) is 13.6. The molecule has 0 fully saturated rings. The predicted molar refractivity (Wildman–Crippen MR) is 133 cm³/mol. The SMILES string of the molecule is CCNC(=NCCNC(=O)c1ccccc1Cl)NC(C)CCc1ccccc1.I. The van der Waals surface area contributed by atoms with Gasteiger partial charge in [0.2, 0.25) is 0 Å². The number of amides is 1. The molecule has 0 aliphatic rings. The standard InChI is InChI=1S/C22H29ClN4O.HI/c1-3-24-22(27-17(2)13-14-18-9-5-4-6-10-18)26-16-15-25-21(28)19-11-7-8-12-20(19)23;/h4-12,17H,3,13-16H2,1-2H3,(H,25,28)(H2,24,26,27);1H. The van der Waals surface area contributed by atoms with Crippen LogP contribution in [0.15, 0.2) is 59.6 Å². The molecular formula is C22H30ClIN4O. The van der Waals surface area contributed by atoms with Crippen LogP contribution in [0.1, 0.15) is 36.2 Å². The summed E-state index contributed by atoms with van der Waals surface area (Å²) in [6.07, 6.45) is 2.03. The minimum Gasteiger partial charge on any atom is -0.357 e. The monoisotopic (exact) mass is 528 g/mol. The maximum absolute atomic E-state index is 12.2. The highest BCUT2D eigenvalue weighted by Crippen LogP contribution is 2.14. The molecule has 0 saturated heterocycles. The Morgan fingerprint density at radius 3 is 2.45 bits per heavy atom. The van der Waals surface area contributed by atoms with Gasteiger partial charge in [0.15, 0.2) is 5.96 Å². The third-order valence-electron chi connectivity index (χ3n) is 4.22. The molecule has 5 nitrogen and oxygen atoms in total. The fraction of sp³-hybridized carbons (Fsp3) is 0.364. The van der Waals surface area contributed by atoms with Gasteiger partial charge in [0.1, 0.15) is 0 Å². The lowest BCUT2D eigenvalue weighted by molar-refractivity contribution is 0.0955. The average molecular weight is 529 g/mol. The highest BCUT2D eigenvalue weighted by molar-refractivity contribution is 14.0. The van der Waals surface area contributed by atoms with Gasteiger partial charge >= 0.3 is 0 Å². The molecule has 0 radical (unpaired) electrons. The molecule has 0 heterocycles. The molecule has 0 spiro atoms. The highest BCUT2D eigenvalue weighted by Gasteiger charge is 2.09. The average Bonchev–Trinajstić information content (AvgIpc) is 2.70. The number of aliphatic imine (C=N–C) groups is 1. The summed E-state index contributed by atoms with van der Waals surface area (Å²) >= 11 is 6.05. The lowest BCUT2D eigenvalue weighted by Crippen LogP contribution is -2.42. The van der Waals surface area contributed by atoms with E-state index in [1.54, 1.807) is 24.3 Å². The Bertz CT molecular complexity index is 770. The molecule has 1 amide bonds. The third-order valence-corrected chi connectivity index (χ3v) is 4.55. The number of hydrogen-bond acceptors (Lipinski definition) is 2. The molecule has 0 aliphatic carbocycles. The van der Waals surface area contributed by atoms with Crippen molar-refractivity contribution in [3.05, 3.63) is 70.7 Å². The first kappa shape index (κ1) is 25.2. The van der Waals surface area contributed by atoms with Crippen molar-refractivity contribution in [1.82, 2.24) is 16.0 Å². The van der Waals surface area contributed by atoms with Crippen molar-refractivity contribution >= 4 is 47.4 Å². The van der Waals surface area contributed by atoms with E-state index in [1.807, 2.05) is 13.0 Å². The number of hydrogen-bond donors (Lipinski definition) is 3. The molecule has 2 aromatic rings. The zero-order valence-electron chi connectivity index (χ0n) is 17.0. The maximum Gasteiger partial charge on any atom is 0.252 e. The molecule has 0 bridgehead atoms. The van der Waals surface area contributed by atoms with Gasteiger partial charge in [0, 0.05) is 19.1 Å². The Kier molecular flexibility index (Phi) is 12.4. The summed E-state index contributed by atoms with van der Waals surface area (Å²) in [5.74, 6) is 0.574. The van der Waals surface area contributed by atoms with Gasteiger partial charge in [0.05, 0.1) is 17.1 Å². The van der Waals surface area contributed by atoms with E-state index >= 15 is 0 Å². The van der Waals surface area contributed by atoms with E-state index in [2.05, 4.69) is 52.1 Å². The van der Waals surface area contributed by atoms with Crippen LogP contribution in [-0.2, 0) is 6.42 Å². The van der Waals surface area contributed by atoms with Crippen LogP contribution in [0.25, 0.3) is 0 Å². The molecule has 2 rings (SSSR count). The minimum atomic E-state index is -0.185. The first-order valence-electron chi connectivity index (χ1n) is 9.71. The minimum absolute atomic E-state index is 0. The number of nitrogens with one attached hydrogen (secondary N) is 3. The van der Waals surface area contributed by atoms with Gasteiger partial charge in [-0.1, -0.05) is 54.1 Å². The van der Waals surface area contributed by atoms with E-state index in [4.69, 9.17) is 11.6 Å². The van der Waals surface area contributed by atoms with Crippen LogP contribution >= 0.6 is 35.6 Å². The van der Waals surface area contributed by atoms with Crippen LogP contribution in [-0.4, -0.2) is 37.5 Å². The van der Waals surface area contributed by atoms with Crippen LogP contribution in [0.5, 0.6) is 0 Å². The van der Waals surface area contributed by atoms with Crippen molar-refractivity contribution in [2.45, 2.75) is 32.7 Å². The zero-order chi connectivity index (χ0) is 20.2. The summed E-state index contributed by atoms with van der Waals surface area (Å²) in [6.45, 7) is 5.89. The molecule has 0 aliphatic heterocycles. The first-order valence-corrected chi connectivity index (χ1v) is 10.1. The summed E-state index contributed by atoms with van der Waals surface area (Å²) in [7, 11) is 0. The summed E-state index contributed by atoms with van der Waals surface area (Å²) in [4.78, 5) is 16.7. The van der Waals surface area contributed by atoms with E-state index in [1.165, 1.54) is 5.56 Å². The Hall–Kier alpha value is -1.80. The Morgan fingerprint density at radius 1 is 1.07 bits per heavy atom. The topological polar surface area (TPSA) is 65.5 Å². The van der Waals surface area contributed by atoms with Crippen LogP contribution in [0.2, 0.25) is 5.02 Å². The van der Waals surface area contributed by atoms with E-state index in [9.17, 15) is 4.79 Å².